The molecule has 190 valence electrons. The average molecular weight is 510 g/mol. The van der Waals surface area contributed by atoms with Gasteiger partial charge in [0.15, 0.2) is 0 Å². The second-order valence-electron chi connectivity index (χ2n) is 9.18. The molecule has 3 heterocycles. The van der Waals surface area contributed by atoms with Crippen molar-refractivity contribution in [3.05, 3.63) is 131 Å². The molecule has 5 aromatic rings. The maximum absolute atomic E-state index is 14.5. The molecule has 8 heteroatoms. The van der Waals surface area contributed by atoms with E-state index in [0.717, 1.165) is 28.5 Å². The Morgan fingerprint density at radius 3 is 2.47 bits per heavy atom. The van der Waals surface area contributed by atoms with E-state index in [1.807, 2.05) is 70.9 Å². The Kier molecular flexibility index (Phi) is 5.99. The first-order chi connectivity index (χ1) is 18.5. The lowest BCUT2D eigenvalue weighted by Gasteiger charge is -2.31. The molecule has 0 spiro atoms. The summed E-state index contributed by atoms with van der Waals surface area (Å²) in [7, 11) is 0. The number of anilines is 1. The number of aryl methyl sites for hydroxylation is 1. The Morgan fingerprint density at radius 1 is 0.947 bits per heavy atom. The Hall–Kier alpha value is -4.72. The van der Waals surface area contributed by atoms with Crippen molar-refractivity contribution in [1.29, 1.82) is 0 Å². The zero-order valence-corrected chi connectivity index (χ0v) is 20.7. The van der Waals surface area contributed by atoms with Gasteiger partial charge in [0.1, 0.15) is 17.5 Å². The quantitative estimate of drug-likeness (QED) is 0.295. The molecule has 2 amide bonds. The van der Waals surface area contributed by atoms with Crippen molar-refractivity contribution in [3.8, 4) is 11.5 Å². The van der Waals surface area contributed by atoms with E-state index in [4.69, 9.17) is 5.10 Å². The lowest BCUT2D eigenvalue weighted by atomic mass is 10.0. The van der Waals surface area contributed by atoms with Gasteiger partial charge in [0.05, 0.1) is 29.7 Å². The van der Waals surface area contributed by atoms with Crippen molar-refractivity contribution in [2.24, 2.45) is 0 Å². The van der Waals surface area contributed by atoms with Crippen LogP contribution in [-0.4, -0.2) is 25.3 Å². The summed E-state index contributed by atoms with van der Waals surface area (Å²) in [5.41, 5.74) is 4.56. The van der Waals surface area contributed by atoms with Gasteiger partial charge in [-0.15, -0.1) is 0 Å². The molecule has 2 aromatic heterocycles. The number of aromatic nitrogens is 3. The number of nitrogens with zero attached hydrogens (tertiary/aromatic N) is 4. The van der Waals surface area contributed by atoms with Crippen LogP contribution in [0.25, 0.3) is 11.5 Å². The first-order valence-corrected chi connectivity index (χ1v) is 12.5. The normalized spacial score (nSPS) is 14.5. The van der Waals surface area contributed by atoms with Crippen molar-refractivity contribution in [1.82, 2.24) is 19.2 Å². The van der Waals surface area contributed by atoms with E-state index in [-0.39, 0.29) is 18.4 Å². The van der Waals surface area contributed by atoms with Crippen LogP contribution in [0.3, 0.4) is 0 Å². The first kappa shape index (κ1) is 23.7. The van der Waals surface area contributed by atoms with Crippen LogP contribution in [-0.2, 0) is 13.0 Å². The van der Waals surface area contributed by atoms with Crippen LogP contribution in [0.4, 0.5) is 19.3 Å². The number of hydrogen-bond acceptors (Lipinski definition) is 2. The van der Waals surface area contributed by atoms with Crippen LogP contribution >= 0.6 is 0 Å². The van der Waals surface area contributed by atoms with Gasteiger partial charge >= 0.3 is 6.03 Å². The number of hydrogen-bond donors (Lipinski definition) is 1. The number of para-hydroxylation sites is 1. The number of rotatable bonds is 4. The second kappa shape index (κ2) is 9.63. The second-order valence-corrected chi connectivity index (χ2v) is 9.18. The lowest BCUT2D eigenvalue weighted by Crippen LogP contribution is -2.38. The minimum atomic E-state index is -0.595. The molecule has 0 saturated heterocycles. The summed E-state index contributed by atoms with van der Waals surface area (Å²) < 4.78 is 31.9. The molecule has 6 nitrogen and oxygen atoms in total. The van der Waals surface area contributed by atoms with Crippen molar-refractivity contribution in [2.75, 3.05) is 5.32 Å². The van der Waals surface area contributed by atoms with Crippen LogP contribution in [0.15, 0.2) is 97.2 Å². The van der Waals surface area contributed by atoms with Crippen LogP contribution < -0.4 is 5.32 Å². The molecule has 0 aliphatic carbocycles. The predicted octanol–water partition coefficient (Wildman–Crippen LogP) is 6.64. The van der Waals surface area contributed by atoms with Gasteiger partial charge in [0, 0.05) is 17.4 Å². The molecular weight excluding hydrogens is 484 g/mol. The molecule has 0 fully saturated rings. The van der Waals surface area contributed by atoms with Gasteiger partial charge in [-0.1, -0.05) is 37.3 Å². The van der Waals surface area contributed by atoms with E-state index in [1.54, 1.807) is 11.0 Å². The van der Waals surface area contributed by atoms with Crippen LogP contribution in [0.2, 0.25) is 0 Å². The molecule has 0 saturated carbocycles. The summed E-state index contributed by atoms with van der Waals surface area (Å²) in [5.74, 6) is 0.0660. The number of fused-ring (bicyclic) bond motifs is 3. The van der Waals surface area contributed by atoms with Gasteiger partial charge in [0.2, 0.25) is 0 Å². The van der Waals surface area contributed by atoms with Gasteiger partial charge in [-0.05, 0) is 72.6 Å². The third kappa shape index (κ3) is 4.14. The summed E-state index contributed by atoms with van der Waals surface area (Å²) in [6, 6.07) is 24.7. The van der Waals surface area contributed by atoms with E-state index in [9.17, 15) is 13.6 Å². The largest absolute Gasteiger partial charge is 0.322 e. The molecule has 1 atom stereocenters. The van der Waals surface area contributed by atoms with E-state index in [1.165, 1.54) is 36.4 Å². The van der Waals surface area contributed by atoms with Crippen molar-refractivity contribution in [2.45, 2.75) is 25.9 Å². The third-order valence-corrected chi connectivity index (χ3v) is 6.82. The Labute approximate surface area is 218 Å². The highest BCUT2D eigenvalue weighted by Crippen LogP contribution is 2.39. The summed E-state index contributed by atoms with van der Waals surface area (Å²) in [4.78, 5) is 15.6. The fourth-order valence-electron chi connectivity index (χ4n) is 5.10. The number of halogens is 2. The third-order valence-electron chi connectivity index (χ3n) is 6.82. The van der Waals surface area contributed by atoms with Crippen LogP contribution in [0.5, 0.6) is 0 Å². The van der Waals surface area contributed by atoms with Gasteiger partial charge in [-0.3, -0.25) is 0 Å². The Morgan fingerprint density at radius 2 is 1.74 bits per heavy atom. The SMILES string of the molecule is CCc1nn(-c2ccccc2)c2c1CN(C(=O)Nc1ccc(F)cc1)[C@H](c1cccc(F)c1)c1cccn1-2. The van der Waals surface area contributed by atoms with Gasteiger partial charge in [-0.2, -0.15) is 5.10 Å². The number of nitrogens with one attached hydrogen (secondary N) is 1. The van der Waals surface area contributed by atoms with E-state index < -0.39 is 11.9 Å². The summed E-state index contributed by atoms with van der Waals surface area (Å²) in [5, 5.41) is 7.84. The molecule has 38 heavy (non-hydrogen) atoms. The van der Waals surface area contributed by atoms with Gasteiger partial charge in [-0.25, -0.2) is 18.3 Å². The summed E-state index contributed by atoms with van der Waals surface area (Å²) in [6.07, 6.45) is 2.61. The molecular formula is C30H25F2N5O. The van der Waals surface area contributed by atoms with E-state index in [2.05, 4.69) is 5.32 Å². The average Bonchev–Trinajstić information content (AvgIpc) is 3.51. The zero-order chi connectivity index (χ0) is 26.2. The number of benzene rings is 3. The molecule has 1 aliphatic rings. The van der Waals surface area contributed by atoms with E-state index >= 15 is 0 Å². The summed E-state index contributed by atoms with van der Waals surface area (Å²) in [6.45, 7) is 2.27. The molecule has 3 aromatic carbocycles. The number of carbonyl (C=O) groups excluding carboxylic acids is 1. The zero-order valence-electron chi connectivity index (χ0n) is 20.7. The fourth-order valence-corrected chi connectivity index (χ4v) is 5.10. The van der Waals surface area contributed by atoms with Crippen molar-refractivity contribution in [3.63, 3.8) is 0 Å². The highest BCUT2D eigenvalue weighted by molar-refractivity contribution is 5.90. The molecule has 1 N–H and O–H groups in total. The van der Waals surface area contributed by atoms with Crippen molar-refractivity contribution < 1.29 is 13.6 Å². The number of amides is 2. The predicted molar refractivity (Wildman–Crippen MR) is 141 cm³/mol. The first-order valence-electron chi connectivity index (χ1n) is 12.5. The highest BCUT2D eigenvalue weighted by Gasteiger charge is 2.36. The Bertz CT molecular complexity index is 1610. The van der Waals surface area contributed by atoms with E-state index in [0.29, 0.717) is 17.7 Å². The lowest BCUT2D eigenvalue weighted by molar-refractivity contribution is 0.194. The minimum Gasteiger partial charge on any atom is -0.308 e. The van der Waals surface area contributed by atoms with Crippen molar-refractivity contribution >= 4 is 11.7 Å². The smallest absolute Gasteiger partial charge is 0.308 e. The maximum Gasteiger partial charge on any atom is 0.322 e. The Balaban J connectivity index is 1.55. The number of urea groups is 1. The summed E-state index contributed by atoms with van der Waals surface area (Å²) >= 11 is 0. The molecule has 1 aliphatic heterocycles. The van der Waals surface area contributed by atoms with Crippen LogP contribution in [0.1, 0.15) is 35.5 Å². The van der Waals surface area contributed by atoms with Gasteiger partial charge < -0.3 is 14.8 Å². The highest BCUT2D eigenvalue weighted by atomic mass is 19.1. The fraction of sp³-hybridized carbons (Fsp3) is 0.133. The molecule has 6 rings (SSSR count). The van der Waals surface area contributed by atoms with Gasteiger partial charge in [0.25, 0.3) is 0 Å². The topological polar surface area (TPSA) is 55.1 Å². The maximum atomic E-state index is 14.5. The van der Waals surface area contributed by atoms with Crippen LogP contribution in [0, 0.1) is 11.6 Å². The molecule has 0 bridgehead atoms. The monoisotopic (exact) mass is 509 g/mol. The standard InChI is InChI=1S/C30H25F2N5O/c1-2-26-25-19-36(30(38)33-23-15-13-21(31)14-16-23)28(20-8-6-9-22(32)18-20)27-12-7-17-35(27)29(25)37(34-26)24-10-4-3-5-11-24/h3-18,28H,2,19H2,1H3,(H,33,38)/t28-/m1/s1. The molecule has 0 radical (unpaired) electrons. The minimum absolute atomic E-state index is 0.237. The molecule has 0 unspecified atom stereocenters. The number of carbonyl (C=O) groups is 1.